The number of nitrogens with zero attached hydrogens (tertiary/aromatic N) is 1. The van der Waals surface area contributed by atoms with Crippen LogP contribution in [-0.4, -0.2) is 92.6 Å². The third kappa shape index (κ3) is 12.7. The molecule has 7 rings (SSSR count). The number of β-lactam (4-membered cyclic amide) rings is 1. The maximum Gasteiger partial charge on any atom is 0.325 e. The molecule has 3 atom stereocenters. The average Bonchev–Trinajstić information content (AvgIpc) is 3.70. The predicted octanol–water partition coefficient (Wildman–Crippen LogP) is 6.27. The molecule has 4 aromatic carbocycles. The Morgan fingerprint density at radius 3 is 2.29 bits per heavy atom. The summed E-state index contributed by atoms with van der Waals surface area (Å²) in [5, 5.41) is 6.00. The molecule has 1 aromatic heterocycles. The second kappa shape index (κ2) is 22.8. The van der Waals surface area contributed by atoms with Crippen LogP contribution in [-0.2, 0) is 67.0 Å². The Morgan fingerprint density at radius 1 is 0.841 bits per heavy atom. The molecule has 2 aliphatic rings. The van der Waals surface area contributed by atoms with Crippen molar-refractivity contribution in [3.63, 3.8) is 0 Å². The molecule has 0 aliphatic carbocycles. The van der Waals surface area contributed by atoms with Crippen LogP contribution in [0.2, 0.25) is 0 Å². The van der Waals surface area contributed by atoms with Crippen molar-refractivity contribution in [1.82, 2.24) is 20.5 Å². The number of Topliss-reactive ketones (excluding diaryl/α,β-unsaturated/α-hetero) is 1. The summed E-state index contributed by atoms with van der Waals surface area (Å²) in [6, 6.07) is 22.9. The van der Waals surface area contributed by atoms with Crippen molar-refractivity contribution in [2.45, 2.75) is 94.2 Å². The Hall–Kier alpha value is -7.08. The molecule has 364 valence electrons. The fraction of sp³-hybridized carbons (Fsp3) is 0.373. The fourth-order valence-corrected chi connectivity index (χ4v) is 10.2. The first-order valence-corrected chi connectivity index (χ1v) is 24.6. The van der Waals surface area contributed by atoms with Crippen LogP contribution in [0.1, 0.15) is 75.0 Å². The number of esters is 2. The topological polar surface area (TPSA) is 217 Å². The second-order valence-electron chi connectivity index (χ2n) is 17.1. The largest absolute Gasteiger partial charge is 0.497 e. The SMILES string of the molecule is CCNC(=O)C(CCCCCCC(=O)OCc1ccccc1)NC(=O)CC1C(CC(=O)COc2ccc3c(c2)S(=O)(=O)Cc2c-3[nH]c3ccc(F)cc23)C(=O)N1CC(=O)OCc1ccc(OC)cc1. The van der Waals surface area contributed by atoms with Crippen molar-refractivity contribution < 1.29 is 60.5 Å². The summed E-state index contributed by atoms with van der Waals surface area (Å²) < 4.78 is 62.8. The number of hydrogen-bond donors (Lipinski definition) is 3. The third-order valence-corrected chi connectivity index (χ3v) is 13.9. The van der Waals surface area contributed by atoms with Gasteiger partial charge in [0.05, 0.1) is 35.4 Å². The van der Waals surface area contributed by atoms with Gasteiger partial charge in [0.15, 0.2) is 15.6 Å². The number of carbonyl (C=O) groups is 6. The van der Waals surface area contributed by atoms with E-state index in [4.69, 9.17) is 18.9 Å². The van der Waals surface area contributed by atoms with E-state index in [2.05, 4.69) is 15.6 Å². The minimum atomic E-state index is -3.89. The van der Waals surface area contributed by atoms with Gasteiger partial charge in [-0.3, -0.25) is 28.8 Å². The number of amides is 3. The van der Waals surface area contributed by atoms with Crippen molar-refractivity contribution >= 4 is 56.2 Å². The van der Waals surface area contributed by atoms with Gasteiger partial charge >= 0.3 is 11.9 Å². The highest BCUT2D eigenvalue weighted by Crippen LogP contribution is 2.42. The zero-order chi connectivity index (χ0) is 49.1. The highest BCUT2D eigenvalue weighted by atomic mass is 32.2. The van der Waals surface area contributed by atoms with E-state index in [0.29, 0.717) is 77.7 Å². The first kappa shape index (κ1) is 49.8. The van der Waals surface area contributed by atoms with Gasteiger partial charge in [0, 0.05) is 47.8 Å². The molecule has 18 heteroatoms. The number of fused-ring (bicyclic) bond motifs is 5. The minimum absolute atomic E-state index is 0.0237. The number of likely N-dealkylation sites (N-methyl/N-ethyl adjacent to an activating group) is 1. The molecule has 3 heterocycles. The van der Waals surface area contributed by atoms with Gasteiger partial charge in [-0.1, -0.05) is 61.7 Å². The second-order valence-corrected chi connectivity index (χ2v) is 19.0. The van der Waals surface area contributed by atoms with Crippen molar-refractivity contribution in [2.75, 3.05) is 26.8 Å². The smallest absolute Gasteiger partial charge is 0.325 e. The van der Waals surface area contributed by atoms with Crippen LogP contribution in [0.5, 0.6) is 11.5 Å². The van der Waals surface area contributed by atoms with Crippen molar-refractivity contribution in [3.8, 4) is 22.8 Å². The van der Waals surface area contributed by atoms with Crippen LogP contribution in [0.3, 0.4) is 0 Å². The molecule has 0 saturated carbocycles. The van der Waals surface area contributed by atoms with E-state index in [1.165, 1.54) is 36.3 Å². The van der Waals surface area contributed by atoms with Crippen molar-refractivity contribution in [1.29, 1.82) is 0 Å². The van der Waals surface area contributed by atoms with Crippen molar-refractivity contribution in [3.05, 3.63) is 114 Å². The maximum absolute atomic E-state index is 14.1. The molecular weight excluding hydrogens is 912 g/mol. The van der Waals surface area contributed by atoms with Gasteiger partial charge in [-0.25, -0.2) is 12.8 Å². The number of aromatic nitrogens is 1. The lowest BCUT2D eigenvalue weighted by molar-refractivity contribution is -0.168. The molecule has 2 aliphatic heterocycles. The number of ether oxygens (including phenoxy) is 4. The van der Waals surface area contributed by atoms with E-state index >= 15 is 0 Å². The predicted molar refractivity (Wildman–Crippen MR) is 251 cm³/mol. The molecule has 0 spiro atoms. The number of benzene rings is 4. The van der Waals surface area contributed by atoms with Gasteiger partial charge in [0.25, 0.3) is 0 Å². The number of nitrogens with one attached hydrogen (secondary N) is 3. The summed E-state index contributed by atoms with van der Waals surface area (Å²) in [6.07, 6.45) is 2.40. The number of unbranched alkanes of at least 4 members (excludes halogenated alkanes) is 3. The first-order chi connectivity index (χ1) is 33.2. The zero-order valence-corrected chi connectivity index (χ0v) is 39.2. The van der Waals surface area contributed by atoms with Crippen molar-refractivity contribution in [2.24, 2.45) is 5.92 Å². The zero-order valence-electron chi connectivity index (χ0n) is 38.4. The van der Waals surface area contributed by atoms with E-state index in [9.17, 15) is 41.6 Å². The Morgan fingerprint density at radius 2 is 1.55 bits per heavy atom. The Bertz CT molecular complexity index is 2800. The number of sulfone groups is 1. The lowest BCUT2D eigenvalue weighted by atomic mass is 9.81. The number of methoxy groups -OCH3 is 1. The molecule has 3 unspecified atom stereocenters. The van der Waals surface area contributed by atoms with Gasteiger partial charge in [0.2, 0.25) is 17.7 Å². The lowest BCUT2D eigenvalue weighted by Crippen LogP contribution is -2.64. The molecule has 1 fully saturated rings. The number of hydrogen-bond acceptors (Lipinski definition) is 12. The number of halogens is 1. The van der Waals surface area contributed by atoms with Crippen LogP contribution in [0.25, 0.3) is 22.2 Å². The number of rotatable bonds is 24. The average molecular weight is 967 g/mol. The van der Waals surface area contributed by atoms with Gasteiger partial charge in [-0.15, -0.1) is 0 Å². The van der Waals surface area contributed by atoms with E-state index in [1.807, 2.05) is 30.3 Å². The summed E-state index contributed by atoms with van der Waals surface area (Å²) in [5.74, 6) is -4.26. The lowest BCUT2D eigenvalue weighted by Gasteiger charge is -2.46. The number of likely N-dealkylation sites (tertiary alicyclic amines) is 1. The number of aromatic amines is 1. The molecule has 0 radical (unpaired) electrons. The molecule has 3 N–H and O–H groups in total. The van der Waals surface area contributed by atoms with Crippen LogP contribution in [0.4, 0.5) is 4.39 Å². The highest BCUT2D eigenvalue weighted by Gasteiger charge is 2.49. The first-order valence-electron chi connectivity index (χ1n) is 22.9. The van der Waals surface area contributed by atoms with Gasteiger partial charge in [0.1, 0.15) is 49.7 Å². The number of ketones is 1. The summed E-state index contributed by atoms with van der Waals surface area (Å²) in [7, 11) is -2.36. The van der Waals surface area contributed by atoms with Crippen LogP contribution in [0, 0.1) is 11.7 Å². The minimum Gasteiger partial charge on any atom is -0.497 e. The molecule has 5 aromatic rings. The highest BCUT2D eigenvalue weighted by molar-refractivity contribution is 7.91. The molecule has 3 amide bonds. The van der Waals surface area contributed by atoms with E-state index in [-0.39, 0.29) is 54.8 Å². The maximum atomic E-state index is 14.1. The normalized spacial score (nSPS) is 16.0. The third-order valence-electron chi connectivity index (χ3n) is 12.2. The van der Waals surface area contributed by atoms with Crippen LogP contribution in [0.15, 0.2) is 95.9 Å². The summed E-state index contributed by atoms with van der Waals surface area (Å²) >= 11 is 0. The standard InChI is InChI=1S/C51H55FN4O12S/c1-3-53-50(61)43(13-9-4-5-10-14-47(59)67-28-32-11-7-6-8-12-32)54-46(58)26-44-40(51(62)56(44)27-48(60)68-29-33-15-18-36(65-2)19-16-33)24-35(57)30-66-37-20-21-38-45(25-37)69(63,64)31-41-39-23-34(52)17-22-42(39)55-49(38)41/h6-8,11-12,15-23,25,40,43-44,55H,3-5,9-10,13-14,24,26-31H2,1-2H3,(H,53,61)(H,54,58). The summed E-state index contributed by atoms with van der Waals surface area (Å²) in [4.78, 5) is 83.6. The van der Waals surface area contributed by atoms with E-state index in [0.717, 1.165) is 5.56 Å². The van der Waals surface area contributed by atoms with Crippen LogP contribution < -0.4 is 20.1 Å². The van der Waals surface area contributed by atoms with E-state index < -0.39 is 76.3 Å². The van der Waals surface area contributed by atoms with E-state index in [1.54, 1.807) is 43.3 Å². The molecule has 0 bridgehead atoms. The van der Waals surface area contributed by atoms with Gasteiger partial charge < -0.3 is 39.5 Å². The summed E-state index contributed by atoms with van der Waals surface area (Å²) in [6.45, 7) is 1.16. The molecule has 69 heavy (non-hydrogen) atoms. The Balaban J connectivity index is 0.961. The number of H-pyrrole nitrogens is 1. The Kier molecular flexibility index (Phi) is 16.5. The quantitative estimate of drug-likeness (QED) is 0.0354. The molecular formula is C51H55FN4O12S. The molecule has 16 nitrogen and oxygen atoms in total. The van der Waals surface area contributed by atoms with Crippen LogP contribution >= 0.6 is 0 Å². The summed E-state index contributed by atoms with van der Waals surface area (Å²) in [5.41, 5.74) is 3.53. The van der Waals surface area contributed by atoms with Gasteiger partial charge in [-0.05, 0) is 79.4 Å². The Labute approximate surface area is 399 Å². The van der Waals surface area contributed by atoms with Gasteiger partial charge in [-0.2, -0.15) is 0 Å². The molecule has 1 saturated heterocycles. The monoisotopic (exact) mass is 966 g/mol. The fourth-order valence-electron chi connectivity index (χ4n) is 8.60. The number of carbonyl (C=O) groups excluding carboxylic acids is 6.